The standard InChI is InChI=1S/C10H19NO3/c1-4-14-10(12)11(13)6-8(2)5-9(3)7-11/h8-9H,4-7H2,1-3H3. The number of piperidine rings is 1. The zero-order valence-corrected chi connectivity index (χ0v) is 9.16. The van der Waals surface area contributed by atoms with Gasteiger partial charge in [0, 0.05) is 11.8 Å². The molecular weight excluding hydrogens is 182 g/mol. The van der Waals surface area contributed by atoms with Crippen molar-refractivity contribution in [2.45, 2.75) is 27.2 Å². The molecule has 0 bridgehead atoms. The van der Waals surface area contributed by atoms with E-state index in [0.717, 1.165) is 6.42 Å². The maximum absolute atomic E-state index is 12.1. The van der Waals surface area contributed by atoms with Gasteiger partial charge in [-0.3, -0.25) is 4.65 Å². The van der Waals surface area contributed by atoms with Crippen molar-refractivity contribution < 1.29 is 14.2 Å². The summed E-state index contributed by atoms with van der Waals surface area (Å²) in [5, 5.41) is 12.1. The van der Waals surface area contributed by atoms with Gasteiger partial charge in [0.2, 0.25) is 0 Å². The number of amides is 1. The van der Waals surface area contributed by atoms with Crippen LogP contribution in [0.5, 0.6) is 0 Å². The molecule has 1 amide bonds. The Bertz CT molecular complexity index is 207. The third-order valence-corrected chi connectivity index (χ3v) is 2.62. The van der Waals surface area contributed by atoms with Crippen LogP contribution in [0, 0.1) is 17.0 Å². The molecule has 0 saturated carbocycles. The van der Waals surface area contributed by atoms with E-state index in [0.29, 0.717) is 24.9 Å². The topological polar surface area (TPSA) is 49.4 Å². The Morgan fingerprint density at radius 1 is 1.43 bits per heavy atom. The van der Waals surface area contributed by atoms with E-state index in [1.165, 1.54) is 0 Å². The zero-order valence-electron chi connectivity index (χ0n) is 9.16. The molecule has 0 aliphatic carbocycles. The van der Waals surface area contributed by atoms with Crippen LogP contribution in [0.4, 0.5) is 4.79 Å². The van der Waals surface area contributed by atoms with Gasteiger partial charge in [-0.2, -0.15) is 4.79 Å². The molecule has 1 aliphatic heterocycles. The second kappa shape index (κ2) is 4.28. The fraction of sp³-hybridized carbons (Fsp3) is 0.900. The van der Waals surface area contributed by atoms with Gasteiger partial charge >= 0.3 is 6.09 Å². The molecule has 0 radical (unpaired) electrons. The number of rotatable bonds is 1. The Labute approximate surface area is 85.0 Å². The van der Waals surface area contributed by atoms with Crippen LogP contribution in [-0.2, 0) is 4.74 Å². The highest BCUT2D eigenvalue weighted by Gasteiger charge is 2.37. The van der Waals surface area contributed by atoms with Crippen molar-refractivity contribution in [3.8, 4) is 0 Å². The van der Waals surface area contributed by atoms with Gasteiger partial charge in [0.25, 0.3) is 0 Å². The van der Waals surface area contributed by atoms with Gasteiger partial charge in [-0.15, -0.1) is 0 Å². The van der Waals surface area contributed by atoms with Crippen LogP contribution in [0.1, 0.15) is 27.2 Å². The van der Waals surface area contributed by atoms with E-state index in [9.17, 15) is 10.0 Å². The molecule has 4 nitrogen and oxygen atoms in total. The number of ether oxygens (including phenoxy) is 1. The van der Waals surface area contributed by atoms with Crippen molar-refractivity contribution in [2.24, 2.45) is 11.8 Å². The second-order valence-electron chi connectivity index (χ2n) is 4.40. The number of hydroxylamine groups is 3. The molecule has 14 heavy (non-hydrogen) atoms. The molecule has 1 rings (SSSR count). The fourth-order valence-electron chi connectivity index (χ4n) is 2.31. The van der Waals surface area contributed by atoms with Gasteiger partial charge in [-0.25, -0.2) is 0 Å². The number of hydrogen-bond donors (Lipinski definition) is 0. The maximum Gasteiger partial charge on any atom is 0.516 e. The van der Waals surface area contributed by atoms with Crippen LogP contribution >= 0.6 is 0 Å². The van der Waals surface area contributed by atoms with Crippen molar-refractivity contribution in [1.29, 1.82) is 0 Å². The summed E-state index contributed by atoms with van der Waals surface area (Å²) < 4.78 is 4.01. The lowest BCUT2D eigenvalue weighted by Gasteiger charge is -2.45. The van der Waals surface area contributed by atoms with Gasteiger partial charge < -0.3 is 9.94 Å². The molecule has 1 heterocycles. The predicted molar refractivity (Wildman–Crippen MR) is 53.3 cm³/mol. The number of likely N-dealkylation sites (tertiary alicyclic amines) is 1. The first kappa shape index (κ1) is 11.5. The van der Waals surface area contributed by atoms with Gasteiger partial charge in [-0.05, 0) is 13.3 Å². The summed E-state index contributed by atoms with van der Waals surface area (Å²) in [6.07, 6.45) is 0.410. The summed E-state index contributed by atoms with van der Waals surface area (Å²) in [7, 11) is 0. The van der Waals surface area contributed by atoms with Crippen molar-refractivity contribution in [2.75, 3.05) is 19.7 Å². The first-order valence-electron chi connectivity index (χ1n) is 5.23. The molecule has 0 aromatic carbocycles. The van der Waals surface area contributed by atoms with Crippen molar-refractivity contribution in [3.05, 3.63) is 5.21 Å². The van der Waals surface area contributed by atoms with Crippen LogP contribution in [0.2, 0.25) is 0 Å². The first-order chi connectivity index (χ1) is 6.48. The summed E-state index contributed by atoms with van der Waals surface area (Å²) in [4.78, 5) is 11.4. The molecule has 0 aromatic rings. The molecule has 0 aromatic heterocycles. The SMILES string of the molecule is CCOC(=O)[N+]1([O-])CC(C)CC(C)C1. The summed E-state index contributed by atoms with van der Waals surface area (Å²) in [6, 6.07) is 0. The number of quaternary nitrogens is 1. The molecule has 0 N–H and O–H groups in total. The maximum atomic E-state index is 12.1. The monoisotopic (exact) mass is 201 g/mol. The summed E-state index contributed by atoms with van der Waals surface area (Å²) in [5.74, 6) is 0.612. The lowest BCUT2D eigenvalue weighted by molar-refractivity contribution is -0.821. The smallest absolute Gasteiger partial charge is 0.516 e. The minimum atomic E-state index is -0.795. The molecule has 1 aliphatic rings. The minimum Gasteiger partial charge on any atom is -0.622 e. The molecule has 2 unspecified atom stereocenters. The summed E-state index contributed by atoms with van der Waals surface area (Å²) >= 11 is 0. The number of nitrogens with zero attached hydrogens (tertiary/aromatic N) is 1. The predicted octanol–water partition coefficient (Wildman–Crippen LogP) is 2.13. The lowest BCUT2D eigenvalue weighted by atomic mass is 9.92. The molecule has 82 valence electrons. The Balaban J connectivity index is 2.67. The van der Waals surface area contributed by atoms with Crippen LogP contribution in [0.15, 0.2) is 0 Å². The Kier molecular flexibility index (Phi) is 3.50. The summed E-state index contributed by atoms with van der Waals surface area (Å²) in [6.45, 7) is 6.76. The average molecular weight is 201 g/mol. The van der Waals surface area contributed by atoms with E-state index >= 15 is 0 Å². The van der Waals surface area contributed by atoms with Crippen molar-refractivity contribution >= 4 is 6.09 Å². The van der Waals surface area contributed by atoms with Gasteiger partial charge in [-0.1, -0.05) is 13.8 Å². The largest absolute Gasteiger partial charge is 0.622 e. The van der Waals surface area contributed by atoms with E-state index in [1.807, 2.05) is 13.8 Å². The van der Waals surface area contributed by atoms with Gasteiger partial charge in [0.05, 0.1) is 19.7 Å². The summed E-state index contributed by atoms with van der Waals surface area (Å²) in [5.41, 5.74) is 0. The molecule has 1 saturated heterocycles. The second-order valence-corrected chi connectivity index (χ2v) is 4.40. The Hall–Kier alpha value is -0.610. The van der Waals surface area contributed by atoms with Crippen molar-refractivity contribution in [3.63, 3.8) is 0 Å². The van der Waals surface area contributed by atoms with E-state index in [-0.39, 0.29) is 6.61 Å². The Morgan fingerprint density at radius 3 is 2.36 bits per heavy atom. The highest BCUT2D eigenvalue weighted by molar-refractivity contribution is 5.60. The van der Waals surface area contributed by atoms with E-state index in [1.54, 1.807) is 6.92 Å². The minimum absolute atomic E-state index is 0.282. The zero-order chi connectivity index (χ0) is 10.8. The molecule has 1 fully saturated rings. The van der Waals surface area contributed by atoms with E-state index in [4.69, 9.17) is 4.74 Å². The Morgan fingerprint density at radius 2 is 1.93 bits per heavy atom. The molecule has 4 heteroatoms. The highest BCUT2D eigenvalue weighted by Crippen LogP contribution is 2.27. The normalized spacial score (nSPS) is 38.0. The van der Waals surface area contributed by atoms with Crippen LogP contribution in [0.3, 0.4) is 0 Å². The highest BCUT2D eigenvalue weighted by atomic mass is 16.7. The molecular formula is C10H19NO3. The van der Waals surface area contributed by atoms with Crippen LogP contribution in [0.25, 0.3) is 0 Å². The van der Waals surface area contributed by atoms with E-state index < -0.39 is 10.7 Å². The average Bonchev–Trinajstić information content (AvgIpc) is 2.01. The lowest BCUT2D eigenvalue weighted by Crippen LogP contribution is -2.55. The quantitative estimate of drug-likeness (QED) is 0.482. The molecule has 2 atom stereocenters. The van der Waals surface area contributed by atoms with Gasteiger partial charge in [0.1, 0.15) is 0 Å². The number of carbonyl (C=O) groups excluding carboxylic acids is 1. The fourth-order valence-corrected chi connectivity index (χ4v) is 2.31. The molecule has 0 spiro atoms. The number of carbonyl (C=O) groups is 1. The third kappa shape index (κ3) is 2.45. The van der Waals surface area contributed by atoms with Gasteiger partial charge in [0.15, 0.2) is 0 Å². The number of hydrogen-bond acceptors (Lipinski definition) is 3. The van der Waals surface area contributed by atoms with Crippen molar-refractivity contribution in [1.82, 2.24) is 0 Å². The third-order valence-electron chi connectivity index (χ3n) is 2.62. The van der Waals surface area contributed by atoms with Crippen LogP contribution in [-0.4, -0.2) is 30.4 Å². The first-order valence-corrected chi connectivity index (χ1v) is 5.23. The van der Waals surface area contributed by atoms with Crippen LogP contribution < -0.4 is 0 Å². The van der Waals surface area contributed by atoms with E-state index in [2.05, 4.69) is 0 Å².